The van der Waals surface area contributed by atoms with Crippen molar-refractivity contribution in [3.05, 3.63) is 24.3 Å². The highest BCUT2D eigenvalue weighted by atomic mass is 16.5. The van der Waals surface area contributed by atoms with E-state index in [1.165, 1.54) is 19.3 Å². The second-order valence-electron chi connectivity index (χ2n) is 5.20. The molecule has 0 saturated heterocycles. The van der Waals surface area contributed by atoms with Gasteiger partial charge in [0, 0.05) is 5.92 Å². The van der Waals surface area contributed by atoms with Crippen LogP contribution in [0.3, 0.4) is 0 Å². The third-order valence-electron chi connectivity index (χ3n) is 4.32. The van der Waals surface area contributed by atoms with E-state index < -0.39 is 17.3 Å². The lowest BCUT2D eigenvalue weighted by Gasteiger charge is -2.45. The Hall–Kier alpha value is -1.71. The minimum absolute atomic E-state index is 0.150. The summed E-state index contributed by atoms with van der Waals surface area (Å²) in [4.78, 5) is 37.0. The van der Waals surface area contributed by atoms with Gasteiger partial charge >= 0.3 is 5.97 Å². The lowest BCUT2D eigenvalue weighted by molar-refractivity contribution is -0.169. The fraction of sp³-hybridized carbons (Fsp3) is 0.533. The molecule has 0 N–H and O–H groups in total. The quantitative estimate of drug-likeness (QED) is 0.432. The first-order chi connectivity index (χ1) is 8.99. The Morgan fingerprint density at radius 1 is 1.32 bits per heavy atom. The summed E-state index contributed by atoms with van der Waals surface area (Å²) in [6.07, 6.45) is 6.93. The third kappa shape index (κ3) is 1.70. The summed E-state index contributed by atoms with van der Waals surface area (Å²) in [6, 6.07) is 0. The van der Waals surface area contributed by atoms with Crippen LogP contribution in [0.4, 0.5) is 0 Å². The molecule has 0 aliphatic heterocycles. The highest BCUT2D eigenvalue weighted by Crippen LogP contribution is 2.50. The number of hydrogen-bond acceptors (Lipinski definition) is 4. The van der Waals surface area contributed by atoms with Crippen molar-refractivity contribution in [2.75, 3.05) is 7.11 Å². The molecule has 0 radical (unpaired) electrons. The third-order valence-corrected chi connectivity index (χ3v) is 4.32. The van der Waals surface area contributed by atoms with E-state index in [9.17, 15) is 14.4 Å². The predicted octanol–water partition coefficient (Wildman–Crippen LogP) is 1.70. The number of hydrogen-bond donors (Lipinski definition) is 0. The van der Waals surface area contributed by atoms with Crippen molar-refractivity contribution in [1.82, 2.24) is 0 Å². The SMILES string of the molecule is CC[C@@H]1C=C[C@H](C)[C@@H]2C(=O)C=CC(=O)[C@]12C(=O)OC. The van der Waals surface area contributed by atoms with Gasteiger partial charge in [-0.25, -0.2) is 0 Å². The summed E-state index contributed by atoms with van der Waals surface area (Å²) in [5.41, 5.74) is -1.37. The fourth-order valence-corrected chi connectivity index (χ4v) is 3.44. The van der Waals surface area contributed by atoms with Crippen LogP contribution in [0.1, 0.15) is 20.3 Å². The number of rotatable bonds is 2. The van der Waals surface area contributed by atoms with E-state index in [0.717, 1.165) is 0 Å². The van der Waals surface area contributed by atoms with Crippen LogP contribution in [-0.2, 0) is 19.1 Å². The van der Waals surface area contributed by atoms with Crippen LogP contribution in [-0.4, -0.2) is 24.6 Å². The second kappa shape index (κ2) is 4.76. The summed E-state index contributed by atoms with van der Waals surface area (Å²) in [6.45, 7) is 3.76. The number of ether oxygens (including phenoxy) is 1. The van der Waals surface area contributed by atoms with E-state index in [0.29, 0.717) is 6.42 Å². The summed E-state index contributed by atoms with van der Waals surface area (Å²) >= 11 is 0. The number of carbonyl (C=O) groups is 3. The molecule has 2 aliphatic carbocycles. The fourth-order valence-electron chi connectivity index (χ4n) is 3.44. The maximum Gasteiger partial charge on any atom is 0.321 e. The topological polar surface area (TPSA) is 60.4 Å². The standard InChI is InChI=1S/C15H18O4/c1-4-10-6-5-9(2)13-11(16)7-8-12(17)15(10,13)14(18)19-3/h5-10,13H,4H2,1-3H3/t9-,10+,13+,15+/m0/s1. The molecule has 0 fully saturated rings. The molecular weight excluding hydrogens is 244 g/mol. The molecule has 0 amide bonds. The van der Waals surface area contributed by atoms with Crippen LogP contribution in [0.5, 0.6) is 0 Å². The molecule has 19 heavy (non-hydrogen) atoms. The number of methoxy groups -OCH3 is 1. The molecule has 0 saturated carbocycles. The molecule has 2 rings (SSSR count). The van der Waals surface area contributed by atoms with Crippen LogP contribution < -0.4 is 0 Å². The van der Waals surface area contributed by atoms with Crippen LogP contribution in [0.2, 0.25) is 0 Å². The smallest absolute Gasteiger partial charge is 0.321 e. The van der Waals surface area contributed by atoms with Crippen molar-refractivity contribution in [3.63, 3.8) is 0 Å². The zero-order valence-corrected chi connectivity index (χ0v) is 11.4. The average molecular weight is 262 g/mol. The Kier molecular flexibility index (Phi) is 3.43. The summed E-state index contributed by atoms with van der Waals surface area (Å²) < 4.78 is 4.87. The van der Waals surface area contributed by atoms with E-state index >= 15 is 0 Å². The molecule has 0 heterocycles. The Bertz CT molecular complexity index is 488. The first kappa shape index (κ1) is 13.7. The van der Waals surface area contributed by atoms with Gasteiger partial charge in [-0.2, -0.15) is 0 Å². The molecule has 0 spiro atoms. The van der Waals surface area contributed by atoms with Crippen molar-refractivity contribution >= 4 is 17.5 Å². The second-order valence-corrected chi connectivity index (χ2v) is 5.20. The van der Waals surface area contributed by atoms with Gasteiger partial charge in [-0.3, -0.25) is 14.4 Å². The number of esters is 1. The summed E-state index contributed by atoms with van der Waals surface area (Å²) in [5.74, 6) is -2.16. The van der Waals surface area contributed by atoms with E-state index in [1.54, 1.807) is 0 Å². The Morgan fingerprint density at radius 2 is 2.00 bits per heavy atom. The van der Waals surface area contributed by atoms with Gasteiger partial charge in [0.1, 0.15) is 5.41 Å². The Balaban J connectivity index is 2.69. The maximum absolute atomic E-state index is 12.4. The lowest BCUT2D eigenvalue weighted by Crippen LogP contribution is -2.57. The van der Waals surface area contributed by atoms with Crippen molar-refractivity contribution < 1.29 is 19.1 Å². The van der Waals surface area contributed by atoms with Gasteiger partial charge in [0.2, 0.25) is 0 Å². The largest absolute Gasteiger partial charge is 0.468 e. The minimum Gasteiger partial charge on any atom is -0.468 e. The van der Waals surface area contributed by atoms with Crippen molar-refractivity contribution in [2.24, 2.45) is 23.2 Å². The van der Waals surface area contributed by atoms with Gasteiger partial charge < -0.3 is 4.74 Å². The zero-order valence-electron chi connectivity index (χ0n) is 11.4. The number of ketones is 2. The molecule has 0 aromatic heterocycles. The molecule has 0 unspecified atom stereocenters. The number of carbonyl (C=O) groups excluding carboxylic acids is 3. The highest BCUT2D eigenvalue weighted by Gasteiger charge is 2.61. The van der Waals surface area contributed by atoms with Gasteiger partial charge in [0.05, 0.1) is 13.0 Å². The molecule has 0 aromatic carbocycles. The van der Waals surface area contributed by atoms with E-state index in [-0.39, 0.29) is 23.4 Å². The van der Waals surface area contributed by atoms with Gasteiger partial charge in [0.25, 0.3) is 0 Å². The van der Waals surface area contributed by atoms with Gasteiger partial charge in [-0.1, -0.05) is 26.0 Å². The molecule has 0 bridgehead atoms. The van der Waals surface area contributed by atoms with Crippen LogP contribution in [0.25, 0.3) is 0 Å². The van der Waals surface area contributed by atoms with Crippen molar-refractivity contribution in [3.8, 4) is 0 Å². The highest BCUT2D eigenvalue weighted by molar-refractivity contribution is 6.19. The molecule has 2 aliphatic rings. The minimum atomic E-state index is -1.37. The molecule has 4 atom stereocenters. The Morgan fingerprint density at radius 3 is 2.58 bits per heavy atom. The van der Waals surface area contributed by atoms with E-state index in [1.807, 2.05) is 26.0 Å². The number of fused-ring (bicyclic) bond motifs is 1. The summed E-state index contributed by atoms with van der Waals surface area (Å²) in [5, 5.41) is 0. The van der Waals surface area contributed by atoms with E-state index in [2.05, 4.69) is 0 Å². The van der Waals surface area contributed by atoms with E-state index in [4.69, 9.17) is 4.74 Å². The lowest BCUT2D eigenvalue weighted by atomic mass is 9.54. The summed E-state index contributed by atoms with van der Waals surface area (Å²) in [7, 11) is 1.26. The monoisotopic (exact) mass is 262 g/mol. The van der Waals surface area contributed by atoms with Crippen molar-refractivity contribution in [2.45, 2.75) is 20.3 Å². The van der Waals surface area contributed by atoms with Gasteiger partial charge in [0.15, 0.2) is 11.6 Å². The first-order valence-corrected chi connectivity index (χ1v) is 6.53. The normalized spacial score (nSPS) is 37.1. The predicted molar refractivity (Wildman–Crippen MR) is 69.2 cm³/mol. The van der Waals surface area contributed by atoms with Gasteiger partial charge in [-0.05, 0) is 24.5 Å². The van der Waals surface area contributed by atoms with Crippen LogP contribution in [0, 0.1) is 23.2 Å². The van der Waals surface area contributed by atoms with Gasteiger partial charge in [-0.15, -0.1) is 0 Å². The molecule has 4 nitrogen and oxygen atoms in total. The first-order valence-electron chi connectivity index (χ1n) is 6.53. The molecule has 102 valence electrons. The zero-order chi connectivity index (χ0) is 14.2. The molecule has 4 heteroatoms. The molecular formula is C15H18O4. The number of allylic oxidation sites excluding steroid dienone is 4. The Labute approximate surface area is 112 Å². The average Bonchev–Trinajstić information content (AvgIpc) is 2.41. The van der Waals surface area contributed by atoms with Crippen LogP contribution >= 0.6 is 0 Å². The van der Waals surface area contributed by atoms with Crippen LogP contribution in [0.15, 0.2) is 24.3 Å². The van der Waals surface area contributed by atoms with Crippen molar-refractivity contribution in [1.29, 1.82) is 0 Å². The molecule has 0 aromatic rings. The maximum atomic E-state index is 12.4.